The van der Waals surface area contributed by atoms with Crippen LogP contribution in [0.25, 0.3) is 44.3 Å². The molecule has 5 aromatic rings. The summed E-state index contributed by atoms with van der Waals surface area (Å²) in [5, 5.41) is 2.17. The molecule has 0 spiro atoms. The molecule has 0 saturated heterocycles. The molecule has 0 atom stereocenters. The minimum atomic E-state index is -1.34. The van der Waals surface area contributed by atoms with Gasteiger partial charge in [0.15, 0.2) is 6.20 Å². The molecule has 0 amide bonds. The van der Waals surface area contributed by atoms with Crippen molar-refractivity contribution in [3.05, 3.63) is 84.1 Å². The van der Waals surface area contributed by atoms with Gasteiger partial charge in [0.1, 0.15) is 18.2 Å². The highest BCUT2D eigenvalue weighted by molar-refractivity contribution is 6.13. The Labute approximate surface area is 191 Å². The van der Waals surface area contributed by atoms with Crippen molar-refractivity contribution < 1.29 is 11.7 Å². The second kappa shape index (κ2) is 7.23. The van der Waals surface area contributed by atoms with Gasteiger partial charge in [-0.05, 0) is 36.9 Å². The Hall–Kier alpha value is -3.59. The molecule has 1 aliphatic heterocycles. The fourth-order valence-electron chi connectivity index (χ4n) is 5.06. The van der Waals surface area contributed by atoms with E-state index in [1.807, 2.05) is 25.2 Å². The molecule has 1 aliphatic rings. The number of hydrogen-bond acceptors (Lipinski definition) is 2. The predicted molar refractivity (Wildman–Crippen MR) is 132 cm³/mol. The van der Waals surface area contributed by atoms with E-state index in [1.54, 1.807) is 0 Å². The molecule has 0 aliphatic carbocycles. The van der Waals surface area contributed by atoms with Crippen molar-refractivity contribution in [1.82, 2.24) is 0 Å². The summed E-state index contributed by atoms with van der Waals surface area (Å²) >= 11 is 0. The lowest BCUT2D eigenvalue weighted by atomic mass is 9.93. The van der Waals surface area contributed by atoms with E-state index in [-0.39, 0.29) is 0 Å². The van der Waals surface area contributed by atoms with E-state index >= 15 is 0 Å². The Morgan fingerprint density at radius 1 is 0.906 bits per heavy atom. The lowest BCUT2D eigenvalue weighted by Gasteiger charge is -2.30. The van der Waals surface area contributed by atoms with Crippen molar-refractivity contribution in [1.29, 1.82) is 0 Å². The number of pyridine rings is 1. The molecule has 6 rings (SSSR count). The molecule has 158 valence electrons. The van der Waals surface area contributed by atoms with Gasteiger partial charge in [0, 0.05) is 56.1 Å². The van der Waals surface area contributed by atoms with Gasteiger partial charge in [0.05, 0.1) is 5.56 Å². The van der Waals surface area contributed by atoms with Crippen LogP contribution in [0.3, 0.4) is 0 Å². The summed E-state index contributed by atoms with van der Waals surface area (Å²) < 4.78 is 26.0. The van der Waals surface area contributed by atoms with Gasteiger partial charge in [-0.3, -0.25) is 0 Å². The number of hydrogen-bond donors (Lipinski definition) is 0. The Morgan fingerprint density at radius 3 is 2.59 bits per heavy atom. The quantitative estimate of drug-likeness (QED) is 0.306. The molecule has 0 radical (unpaired) electrons. The van der Waals surface area contributed by atoms with Gasteiger partial charge >= 0.3 is 0 Å². The highest BCUT2D eigenvalue weighted by Crippen LogP contribution is 2.44. The summed E-state index contributed by atoms with van der Waals surface area (Å²) in [6, 6.07) is 22.8. The number of benzene rings is 3. The number of rotatable bonds is 2. The van der Waals surface area contributed by atoms with Gasteiger partial charge in [0.2, 0.25) is 5.69 Å². The first-order valence-corrected chi connectivity index (χ1v) is 11.1. The SMILES string of the molecule is [2H]C1([2H])CCN(C)c2c(-c3cccc4c3oc3c(-c5cccc[n+]5C)c(C)ccc34)cccc21. The van der Waals surface area contributed by atoms with E-state index in [9.17, 15) is 0 Å². The van der Waals surface area contributed by atoms with Gasteiger partial charge in [-0.25, -0.2) is 4.57 Å². The maximum absolute atomic E-state index is 8.59. The van der Waals surface area contributed by atoms with E-state index in [2.05, 4.69) is 78.2 Å². The van der Waals surface area contributed by atoms with Crippen LogP contribution in [-0.4, -0.2) is 13.6 Å². The van der Waals surface area contributed by atoms with Crippen molar-refractivity contribution in [2.24, 2.45) is 7.05 Å². The average Bonchev–Trinajstić information content (AvgIpc) is 3.21. The third-order valence-corrected chi connectivity index (χ3v) is 6.66. The van der Waals surface area contributed by atoms with Crippen LogP contribution in [0.2, 0.25) is 0 Å². The van der Waals surface area contributed by atoms with Crippen LogP contribution in [-0.2, 0) is 13.4 Å². The molecule has 0 unspecified atom stereocenters. The zero-order valence-electron chi connectivity index (χ0n) is 20.6. The van der Waals surface area contributed by atoms with Gasteiger partial charge in [-0.1, -0.05) is 48.5 Å². The minimum absolute atomic E-state index is 0.492. The predicted octanol–water partition coefficient (Wildman–Crippen LogP) is 6.44. The molecular weight excluding hydrogens is 392 g/mol. The Kier molecular flexibility index (Phi) is 3.85. The number of aromatic nitrogens is 1. The second-order valence-electron chi connectivity index (χ2n) is 8.67. The van der Waals surface area contributed by atoms with Crippen LogP contribution in [0.4, 0.5) is 5.69 Å². The van der Waals surface area contributed by atoms with E-state index in [1.165, 1.54) is 5.56 Å². The number of fused-ring (bicyclic) bond motifs is 4. The first-order valence-electron chi connectivity index (χ1n) is 12.1. The van der Waals surface area contributed by atoms with Crippen LogP contribution in [0.5, 0.6) is 0 Å². The Bertz CT molecular complexity index is 1580. The molecular formula is C29H27N2O+. The molecule has 0 bridgehead atoms. The van der Waals surface area contributed by atoms with Crippen LogP contribution in [0.15, 0.2) is 77.3 Å². The summed E-state index contributed by atoms with van der Waals surface area (Å²) in [6.07, 6.45) is 1.21. The van der Waals surface area contributed by atoms with Gasteiger partial charge in [-0.2, -0.15) is 0 Å². The lowest BCUT2D eigenvalue weighted by Crippen LogP contribution is -2.30. The third-order valence-electron chi connectivity index (χ3n) is 6.66. The number of anilines is 1. The maximum atomic E-state index is 8.59. The molecule has 3 nitrogen and oxygen atoms in total. The summed E-state index contributed by atoms with van der Waals surface area (Å²) in [6.45, 7) is 2.81. The number of para-hydroxylation sites is 2. The molecule has 2 aromatic heterocycles. The highest BCUT2D eigenvalue weighted by Gasteiger charge is 2.23. The molecule has 3 aromatic carbocycles. The van der Waals surface area contributed by atoms with E-state index in [0.717, 1.165) is 55.6 Å². The summed E-state index contributed by atoms with van der Waals surface area (Å²) in [4.78, 5) is 2.17. The van der Waals surface area contributed by atoms with E-state index < -0.39 is 6.37 Å². The Morgan fingerprint density at radius 2 is 1.72 bits per heavy atom. The zero-order valence-corrected chi connectivity index (χ0v) is 18.6. The van der Waals surface area contributed by atoms with Crippen molar-refractivity contribution in [2.45, 2.75) is 19.7 Å². The van der Waals surface area contributed by atoms with Crippen molar-refractivity contribution in [3.8, 4) is 22.4 Å². The van der Waals surface area contributed by atoms with Gasteiger partial charge in [-0.15, -0.1) is 0 Å². The van der Waals surface area contributed by atoms with E-state index in [0.29, 0.717) is 13.0 Å². The first kappa shape index (κ1) is 17.0. The van der Waals surface area contributed by atoms with Crippen LogP contribution in [0, 0.1) is 6.92 Å². The first-order chi connectivity index (χ1) is 16.4. The van der Waals surface area contributed by atoms with E-state index in [4.69, 9.17) is 7.16 Å². The topological polar surface area (TPSA) is 20.3 Å². The number of nitrogens with zero attached hydrogens (tertiary/aromatic N) is 2. The second-order valence-corrected chi connectivity index (χ2v) is 8.67. The fraction of sp³-hybridized carbons (Fsp3) is 0.207. The maximum Gasteiger partial charge on any atom is 0.216 e. The van der Waals surface area contributed by atoms with Crippen molar-refractivity contribution >= 4 is 27.6 Å². The van der Waals surface area contributed by atoms with Gasteiger partial charge < -0.3 is 9.32 Å². The molecule has 0 N–H and O–H groups in total. The van der Waals surface area contributed by atoms with Crippen molar-refractivity contribution in [2.75, 3.05) is 18.5 Å². The zero-order chi connectivity index (χ0) is 23.6. The molecule has 32 heavy (non-hydrogen) atoms. The van der Waals surface area contributed by atoms with Crippen LogP contribution < -0.4 is 9.47 Å². The summed E-state index contributed by atoms with van der Waals surface area (Å²) in [7, 11) is 4.11. The Balaban J connectivity index is 1.68. The lowest BCUT2D eigenvalue weighted by molar-refractivity contribution is -0.660. The smallest absolute Gasteiger partial charge is 0.216 e. The number of aryl methyl sites for hydroxylation is 3. The molecule has 0 saturated carbocycles. The average molecular weight is 422 g/mol. The largest absolute Gasteiger partial charge is 0.454 e. The molecule has 3 heteroatoms. The van der Waals surface area contributed by atoms with Crippen LogP contribution >= 0.6 is 0 Å². The standard InChI is InChI=1S/C29H27N2O/c1-19-15-16-24-23-13-7-12-22(21-11-6-9-20-10-8-18-31(3)27(20)21)28(23)32-29(24)26(19)25-14-4-5-17-30(25)2/h4-7,9,11-17H,8,10,18H2,1-3H3/q+1/i10D2. The van der Waals surface area contributed by atoms with Crippen LogP contribution in [0.1, 0.15) is 20.3 Å². The summed E-state index contributed by atoms with van der Waals surface area (Å²) in [5.74, 6) is 0. The minimum Gasteiger partial charge on any atom is -0.454 e. The third kappa shape index (κ3) is 2.77. The highest BCUT2D eigenvalue weighted by atomic mass is 16.3. The molecule has 3 heterocycles. The van der Waals surface area contributed by atoms with Gasteiger partial charge in [0.25, 0.3) is 0 Å². The van der Waals surface area contributed by atoms with Crippen molar-refractivity contribution in [3.63, 3.8) is 0 Å². The summed E-state index contributed by atoms with van der Waals surface area (Å²) in [5.41, 5.74) is 8.82. The normalized spacial score (nSPS) is 16.2. The molecule has 0 fully saturated rings. The fourth-order valence-corrected chi connectivity index (χ4v) is 5.06. The monoisotopic (exact) mass is 421 g/mol. The number of furan rings is 1.